The summed E-state index contributed by atoms with van der Waals surface area (Å²) in [4.78, 5) is 23.8. The molecule has 1 atom stereocenters. The number of rotatable bonds is 2. The van der Waals surface area contributed by atoms with Gasteiger partial charge in [0.2, 0.25) is 0 Å². The van der Waals surface area contributed by atoms with Crippen LogP contribution in [0.3, 0.4) is 0 Å². The number of carbonyl (C=O) groups is 1. The summed E-state index contributed by atoms with van der Waals surface area (Å²) in [6.07, 6.45) is 6.55. The van der Waals surface area contributed by atoms with Gasteiger partial charge in [0.1, 0.15) is 12.1 Å². The highest BCUT2D eigenvalue weighted by molar-refractivity contribution is 5.93. The molecular weight excluding hydrogens is 244 g/mol. The van der Waals surface area contributed by atoms with Gasteiger partial charge in [-0.2, -0.15) is 0 Å². The maximum Gasteiger partial charge on any atom is 0.257 e. The Kier molecular flexibility index (Phi) is 3.08. The molecule has 0 bridgehead atoms. The summed E-state index contributed by atoms with van der Waals surface area (Å²) in [7, 11) is 2.05. The highest BCUT2D eigenvalue weighted by Gasteiger charge is 2.30. The van der Waals surface area contributed by atoms with Crippen molar-refractivity contribution in [1.29, 1.82) is 0 Å². The SMILES string of the molecule is CN1CCN(C(=O)c2ccoc2)C[C@@H]1c1ncc[nH]1. The van der Waals surface area contributed by atoms with Gasteiger partial charge >= 0.3 is 0 Å². The lowest BCUT2D eigenvalue weighted by molar-refractivity contribution is 0.0534. The first kappa shape index (κ1) is 12.0. The molecular formula is C13H16N4O2. The first-order valence-corrected chi connectivity index (χ1v) is 6.26. The van der Waals surface area contributed by atoms with Crippen molar-refractivity contribution < 1.29 is 9.21 Å². The van der Waals surface area contributed by atoms with Gasteiger partial charge in [-0.1, -0.05) is 0 Å². The van der Waals surface area contributed by atoms with E-state index in [0.717, 1.165) is 18.9 Å². The Morgan fingerprint density at radius 2 is 2.42 bits per heavy atom. The van der Waals surface area contributed by atoms with Crippen molar-refractivity contribution in [2.45, 2.75) is 6.04 Å². The Hall–Kier alpha value is -2.08. The second-order valence-electron chi connectivity index (χ2n) is 4.73. The van der Waals surface area contributed by atoms with Crippen LogP contribution in [-0.2, 0) is 0 Å². The molecule has 1 saturated heterocycles. The van der Waals surface area contributed by atoms with Crippen LogP contribution in [0.5, 0.6) is 0 Å². The molecule has 2 aromatic heterocycles. The predicted octanol–water partition coefficient (Wildman–Crippen LogP) is 1.13. The van der Waals surface area contributed by atoms with Crippen LogP contribution in [0.1, 0.15) is 22.2 Å². The smallest absolute Gasteiger partial charge is 0.257 e. The number of amides is 1. The van der Waals surface area contributed by atoms with Crippen molar-refractivity contribution in [2.75, 3.05) is 26.7 Å². The Morgan fingerprint density at radius 3 is 3.11 bits per heavy atom. The number of furan rings is 1. The van der Waals surface area contributed by atoms with Crippen LogP contribution in [-0.4, -0.2) is 52.4 Å². The Labute approximate surface area is 111 Å². The minimum Gasteiger partial charge on any atom is -0.472 e. The largest absolute Gasteiger partial charge is 0.472 e. The summed E-state index contributed by atoms with van der Waals surface area (Å²) in [6, 6.07) is 1.81. The fraction of sp³-hybridized carbons (Fsp3) is 0.385. The van der Waals surface area contributed by atoms with E-state index < -0.39 is 0 Å². The number of H-pyrrole nitrogens is 1. The van der Waals surface area contributed by atoms with E-state index in [1.165, 1.54) is 12.5 Å². The molecule has 0 spiro atoms. The number of nitrogens with one attached hydrogen (secondary N) is 1. The van der Waals surface area contributed by atoms with Crippen molar-refractivity contribution in [1.82, 2.24) is 19.8 Å². The van der Waals surface area contributed by atoms with Gasteiger partial charge in [0.25, 0.3) is 5.91 Å². The molecule has 19 heavy (non-hydrogen) atoms. The Morgan fingerprint density at radius 1 is 1.53 bits per heavy atom. The molecule has 0 unspecified atom stereocenters. The molecule has 1 aliphatic heterocycles. The van der Waals surface area contributed by atoms with Crippen molar-refractivity contribution in [2.24, 2.45) is 0 Å². The van der Waals surface area contributed by atoms with Gasteiger partial charge in [-0.15, -0.1) is 0 Å². The summed E-state index contributed by atoms with van der Waals surface area (Å²) in [5.41, 5.74) is 0.600. The average molecular weight is 260 g/mol. The quantitative estimate of drug-likeness (QED) is 0.879. The molecule has 2 aromatic rings. The fourth-order valence-corrected chi connectivity index (χ4v) is 2.38. The molecule has 100 valence electrons. The molecule has 0 aromatic carbocycles. The lowest BCUT2D eigenvalue weighted by Crippen LogP contribution is -2.49. The van der Waals surface area contributed by atoms with E-state index in [0.29, 0.717) is 12.1 Å². The van der Waals surface area contributed by atoms with Gasteiger partial charge in [-0.05, 0) is 13.1 Å². The summed E-state index contributed by atoms with van der Waals surface area (Å²) in [6.45, 7) is 2.18. The zero-order valence-electron chi connectivity index (χ0n) is 10.7. The molecule has 6 heteroatoms. The predicted molar refractivity (Wildman–Crippen MR) is 68.6 cm³/mol. The lowest BCUT2D eigenvalue weighted by atomic mass is 10.1. The van der Waals surface area contributed by atoms with Gasteiger partial charge in [-0.3, -0.25) is 9.69 Å². The van der Waals surface area contributed by atoms with E-state index in [9.17, 15) is 4.79 Å². The number of aromatic nitrogens is 2. The van der Waals surface area contributed by atoms with E-state index in [1.807, 2.05) is 11.9 Å². The topological polar surface area (TPSA) is 65.4 Å². The third-order valence-corrected chi connectivity index (χ3v) is 3.54. The number of likely N-dealkylation sites (N-methyl/N-ethyl adjacent to an activating group) is 1. The number of aromatic amines is 1. The molecule has 0 aliphatic carbocycles. The molecule has 1 N–H and O–H groups in total. The van der Waals surface area contributed by atoms with Gasteiger partial charge in [-0.25, -0.2) is 4.98 Å². The molecule has 3 heterocycles. The zero-order chi connectivity index (χ0) is 13.2. The normalized spacial score (nSPS) is 20.7. The molecule has 1 amide bonds. The van der Waals surface area contributed by atoms with Crippen LogP contribution < -0.4 is 0 Å². The summed E-state index contributed by atoms with van der Waals surface area (Å²) < 4.78 is 4.97. The molecule has 3 rings (SSSR count). The Bertz CT molecular complexity index is 535. The minimum absolute atomic E-state index is 0.0124. The number of piperazine rings is 1. The number of carbonyl (C=O) groups excluding carboxylic acids is 1. The second-order valence-corrected chi connectivity index (χ2v) is 4.73. The van der Waals surface area contributed by atoms with E-state index in [-0.39, 0.29) is 11.9 Å². The fourth-order valence-electron chi connectivity index (χ4n) is 2.38. The molecule has 6 nitrogen and oxygen atoms in total. The van der Waals surface area contributed by atoms with Crippen LogP contribution in [0.25, 0.3) is 0 Å². The van der Waals surface area contributed by atoms with Gasteiger partial charge in [0.05, 0.1) is 17.9 Å². The summed E-state index contributed by atoms with van der Waals surface area (Å²) in [5.74, 6) is 0.908. The number of imidazole rings is 1. The maximum absolute atomic E-state index is 12.3. The lowest BCUT2D eigenvalue weighted by Gasteiger charge is -2.38. The summed E-state index contributed by atoms with van der Waals surface area (Å²) in [5, 5.41) is 0. The average Bonchev–Trinajstić information content (AvgIpc) is 3.12. The first-order valence-electron chi connectivity index (χ1n) is 6.26. The van der Waals surface area contributed by atoms with Crippen molar-refractivity contribution in [3.63, 3.8) is 0 Å². The van der Waals surface area contributed by atoms with Crippen molar-refractivity contribution in [3.05, 3.63) is 42.4 Å². The maximum atomic E-state index is 12.3. The van der Waals surface area contributed by atoms with Crippen LogP contribution >= 0.6 is 0 Å². The molecule has 0 saturated carbocycles. The van der Waals surface area contributed by atoms with Crippen LogP contribution in [0.4, 0.5) is 0 Å². The van der Waals surface area contributed by atoms with Gasteiger partial charge < -0.3 is 14.3 Å². The van der Waals surface area contributed by atoms with E-state index >= 15 is 0 Å². The molecule has 1 fully saturated rings. The van der Waals surface area contributed by atoms with Crippen LogP contribution in [0, 0.1) is 0 Å². The number of hydrogen-bond acceptors (Lipinski definition) is 4. The van der Waals surface area contributed by atoms with Crippen LogP contribution in [0.2, 0.25) is 0 Å². The highest BCUT2D eigenvalue weighted by atomic mass is 16.3. The third kappa shape index (κ3) is 2.26. The van der Waals surface area contributed by atoms with E-state index in [4.69, 9.17) is 4.42 Å². The van der Waals surface area contributed by atoms with Crippen molar-refractivity contribution >= 4 is 5.91 Å². The van der Waals surface area contributed by atoms with Crippen molar-refractivity contribution in [3.8, 4) is 0 Å². The minimum atomic E-state index is 0.0124. The van der Waals surface area contributed by atoms with Gasteiger partial charge in [0.15, 0.2) is 0 Å². The summed E-state index contributed by atoms with van der Waals surface area (Å²) >= 11 is 0. The third-order valence-electron chi connectivity index (χ3n) is 3.54. The molecule has 1 aliphatic rings. The molecule has 0 radical (unpaired) electrons. The Balaban J connectivity index is 1.77. The highest BCUT2D eigenvalue weighted by Crippen LogP contribution is 2.22. The standard InChI is InChI=1S/C13H16N4O2/c1-16-5-6-17(13(18)10-2-7-19-9-10)8-11(16)12-14-3-4-15-12/h2-4,7,9,11H,5-6,8H2,1H3,(H,14,15)/t11-/m1/s1. The van der Waals surface area contributed by atoms with E-state index in [1.54, 1.807) is 18.5 Å². The zero-order valence-corrected chi connectivity index (χ0v) is 10.7. The monoisotopic (exact) mass is 260 g/mol. The second kappa shape index (κ2) is 4.89. The number of hydrogen-bond donors (Lipinski definition) is 1. The van der Waals surface area contributed by atoms with E-state index in [2.05, 4.69) is 14.9 Å². The van der Waals surface area contributed by atoms with Crippen LogP contribution in [0.15, 0.2) is 35.4 Å². The first-order chi connectivity index (χ1) is 9.25. The van der Waals surface area contributed by atoms with Gasteiger partial charge in [0, 0.05) is 32.0 Å². The number of nitrogens with zero attached hydrogens (tertiary/aromatic N) is 3.